The molecule has 0 atom stereocenters. The van der Waals surface area contributed by atoms with Gasteiger partial charge in [-0.3, -0.25) is 14.4 Å². The van der Waals surface area contributed by atoms with Crippen molar-refractivity contribution >= 4 is 23.9 Å². The maximum absolute atomic E-state index is 14.8. The van der Waals surface area contributed by atoms with Gasteiger partial charge in [0.25, 0.3) is 5.91 Å². The van der Waals surface area contributed by atoms with Crippen molar-refractivity contribution in [2.75, 3.05) is 33.0 Å². The lowest BCUT2D eigenvalue weighted by molar-refractivity contribution is -0.149. The minimum atomic E-state index is -5.18. The fraction of sp³-hybridized carbons (Fsp3) is 0.590. The topological polar surface area (TPSA) is 153 Å². The molecular formula is C39H52F5N5O7. The van der Waals surface area contributed by atoms with E-state index in [9.17, 15) is 36.3 Å². The Balaban J connectivity index is 2.11. The van der Waals surface area contributed by atoms with Crippen LogP contribution in [-0.2, 0) is 20.9 Å². The third-order valence-electron chi connectivity index (χ3n) is 8.84. The van der Waals surface area contributed by atoms with Gasteiger partial charge in [-0.15, -0.1) is 0 Å². The summed E-state index contributed by atoms with van der Waals surface area (Å²) in [5, 5.41) is 10.3. The molecular weight excluding hydrogens is 745 g/mol. The number of hydrogen-bond acceptors (Lipinski definition) is 11. The Morgan fingerprint density at radius 1 is 0.857 bits per heavy atom. The number of aromatic nitrogens is 2. The zero-order valence-electron chi connectivity index (χ0n) is 32.4. The average Bonchev–Trinajstić information content (AvgIpc) is 3.14. The van der Waals surface area contributed by atoms with Gasteiger partial charge in [0.15, 0.2) is 5.78 Å². The van der Waals surface area contributed by atoms with Crippen molar-refractivity contribution in [1.29, 1.82) is 5.41 Å². The molecule has 1 aromatic heterocycles. The lowest BCUT2D eigenvalue weighted by Gasteiger charge is -2.31. The molecule has 0 bridgehead atoms. The summed E-state index contributed by atoms with van der Waals surface area (Å²) >= 11 is 0. The molecule has 2 aromatic rings. The van der Waals surface area contributed by atoms with Crippen LogP contribution in [0.15, 0.2) is 29.5 Å². The first kappa shape index (κ1) is 45.6. The monoisotopic (exact) mass is 797 g/mol. The van der Waals surface area contributed by atoms with E-state index in [-0.39, 0.29) is 87.2 Å². The van der Waals surface area contributed by atoms with Crippen LogP contribution in [0, 0.1) is 23.0 Å². The van der Waals surface area contributed by atoms with Crippen molar-refractivity contribution in [2.45, 2.75) is 111 Å². The molecule has 3 rings (SSSR count). The van der Waals surface area contributed by atoms with Crippen molar-refractivity contribution < 1.29 is 55.3 Å². The van der Waals surface area contributed by atoms with E-state index < -0.39 is 71.8 Å². The molecule has 1 aliphatic rings. The van der Waals surface area contributed by atoms with Gasteiger partial charge in [-0.1, -0.05) is 40.0 Å². The SMILES string of the molecule is CCCCOc1nc(OCCCC)c(C(=O)CN(Cc2cc(F)cc(F)c2)C(=O)/C(C=N)=C(/N[C@H]2CC[C@H](C(=O)OCC)CC2)C(F)(F)F)c(OCCCC)n1. The highest BCUT2D eigenvalue weighted by molar-refractivity contribution is 6.13. The summed E-state index contributed by atoms with van der Waals surface area (Å²) in [5.41, 5.74) is -3.17. The highest BCUT2D eigenvalue weighted by Gasteiger charge is 2.41. The van der Waals surface area contributed by atoms with Crippen LogP contribution in [0.3, 0.4) is 0 Å². The van der Waals surface area contributed by atoms with Gasteiger partial charge >= 0.3 is 18.2 Å². The van der Waals surface area contributed by atoms with Crippen molar-refractivity contribution in [3.8, 4) is 17.8 Å². The van der Waals surface area contributed by atoms with Crippen LogP contribution in [0.4, 0.5) is 22.0 Å². The molecule has 1 amide bonds. The van der Waals surface area contributed by atoms with E-state index in [4.69, 9.17) is 24.4 Å². The second-order valence-electron chi connectivity index (χ2n) is 13.3. The smallest absolute Gasteiger partial charge is 0.431 e. The second-order valence-corrected chi connectivity index (χ2v) is 13.3. The number of esters is 1. The Kier molecular flexibility index (Phi) is 18.4. The lowest BCUT2D eigenvalue weighted by Crippen LogP contribution is -2.43. The number of amides is 1. The van der Waals surface area contributed by atoms with Crippen molar-refractivity contribution in [1.82, 2.24) is 20.2 Å². The molecule has 1 aromatic carbocycles. The van der Waals surface area contributed by atoms with Gasteiger partial charge in [0.05, 0.1) is 44.5 Å². The van der Waals surface area contributed by atoms with Gasteiger partial charge in [-0.2, -0.15) is 23.1 Å². The minimum absolute atomic E-state index is 0.116. The van der Waals surface area contributed by atoms with Crippen LogP contribution >= 0.6 is 0 Å². The Morgan fingerprint density at radius 2 is 1.39 bits per heavy atom. The summed E-state index contributed by atoms with van der Waals surface area (Å²) in [6.07, 6.45) is -0.166. The molecule has 12 nitrogen and oxygen atoms in total. The van der Waals surface area contributed by atoms with Gasteiger partial charge in [-0.25, -0.2) is 8.78 Å². The van der Waals surface area contributed by atoms with Crippen LogP contribution in [0.1, 0.15) is 108 Å². The van der Waals surface area contributed by atoms with Crippen molar-refractivity contribution in [3.63, 3.8) is 0 Å². The molecule has 56 heavy (non-hydrogen) atoms. The van der Waals surface area contributed by atoms with Gasteiger partial charge in [0.2, 0.25) is 11.8 Å². The van der Waals surface area contributed by atoms with Crippen molar-refractivity contribution in [3.05, 3.63) is 52.2 Å². The Labute approximate surface area is 324 Å². The molecule has 0 saturated heterocycles. The van der Waals surface area contributed by atoms with Crippen LogP contribution in [0.2, 0.25) is 0 Å². The van der Waals surface area contributed by atoms with Crippen LogP contribution in [0.25, 0.3) is 0 Å². The fourth-order valence-electron chi connectivity index (χ4n) is 5.88. The zero-order valence-corrected chi connectivity index (χ0v) is 32.4. The molecule has 1 aliphatic carbocycles. The summed E-state index contributed by atoms with van der Waals surface area (Å²) in [5.74, 6) is -5.80. The first-order valence-electron chi connectivity index (χ1n) is 19.1. The van der Waals surface area contributed by atoms with Gasteiger partial charge in [-0.05, 0) is 69.6 Å². The van der Waals surface area contributed by atoms with E-state index in [1.165, 1.54) is 0 Å². The number of carbonyl (C=O) groups excluding carboxylic acids is 3. The molecule has 310 valence electrons. The Hall–Kier alpha value is -4.83. The van der Waals surface area contributed by atoms with Gasteiger partial charge < -0.3 is 34.6 Å². The molecule has 2 N–H and O–H groups in total. The predicted octanol–water partition coefficient (Wildman–Crippen LogP) is 7.68. The van der Waals surface area contributed by atoms with Crippen LogP contribution in [0.5, 0.6) is 17.8 Å². The highest BCUT2D eigenvalue weighted by Crippen LogP contribution is 2.33. The third-order valence-corrected chi connectivity index (χ3v) is 8.84. The lowest BCUT2D eigenvalue weighted by atomic mass is 9.86. The first-order valence-corrected chi connectivity index (χ1v) is 19.1. The van der Waals surface area contributed by atoms with E-state index in [2.05, 4.69) is 15.3 Å². The minimum Gasteiger partial charge on any atom is -0.477 e. The van der Waals surface area contributed by atoms with E-state index >= 15 is 0 Å². The van der Waals surface area contributed by atoms with Crippen molar-refractivity contribution in [2.24, 2.45) is 5.92 Å². The number of alkyl halides is 3. The molecule has 1 heterocycles. The maximum atomic E-state index is 14.8. The molecule has 0 spiro atoms. The number of nitrogens with zero attached hydrogens (tertiary/aromatic N) is 3. The summed E-state index contributed by atoms with van der Waals surface area (Å²) in [6, 6.07) is 1.36. The standard InChI is InChI=1S/C39H52F5N5O7/c1-5-9-16-54-34-32(35(55-17-10-6-2)48-38(47-34)56-18-11-7-3)31(50)24-49(23-25-19-27(40)21-28(41)20-25)36(51)30(22-45)33(39(42,43)44)46-29-14-12-26(13-15-29)37(52)53-8-4/h19-22,26,29,45-46H,5-18,23-24H2,1-4H3/b33-30+,45-22?/t26-,29-. The molecule has 0 unspecified atom stereocenters. The number of halogens is 5. The van der Waals surface area contributed by atoms with Crippen LogP contribution in [-0.4, -0.2) is 83.9 Å². The molecule has 1 saturated carbocycles. The van der Waals surface area contributed by atoms with E-state index in [0.29, 0.717) is 30.2 Å². The number of ketones is 1. The van der Waals surface area contributed by atoms with Gasteiger partial charge in [0, 0.05) is 24.9 Å². The number of benzene rings is 1. The summed E-state index contributed by atoms with van der Waals surface area (Å²) in [6.45, 7) is 6.39. The number of unbranched alkanes of at least 4 members (excludes halogenated alkanes) is 3. The first-order chi connectivity index (χ1) is 26.8. The largest absolute Gasteiger partial charge is 0.477 e. The van der Waals surface area contributed by atoms with Crippen LogP contribution < -0.4 is 19.5 Å². The average molecular weight is 798 g/mol. The molecule has 0 radical (unpaired) electrons. The number of carbonyl (C=O) groups is 3. The summed E-state index contributed by atoms with van der Waals surface area (Å²) in [7, 11) is 0. The van der Waals surface area contributed by atoms with E-state index in [1.54, 1.807) is 6.92 Å². The van der Waals surface area contributed by atoms with Gasteiger partial charge in [0.1, 0.15) is 22.9 Å². The van der Waals surface area contributed by atoms with E-state index in [1.807, 2.05) is 20.8 Å². The highest BCUT2D eigenvalue weighted by atomic mass is 19.4. The predicted molar refractivity (Wildman–Crippen MR) is 197 cm³/mol. The number of ether oxygens (including phenoxy) is 4. The number of rotatable bonds is 23. The second kappa shape index (κ2) is 22.7. The fourth-order valence-corrected chi connectivity index (χ4v) is 5.88. The summed E-state index contributed by atoms with van der Waals surface area (Å²) < 4.78 is 95.5. The summed E-state index contributed by atoms with van der Waals surface area (Å²) in [4.78, 5) is 50.0. The Bertz CT molecular complexity index is 1610. The number of hydrogen-bond donors (Lipinski definition) is 2. The normalized spacial score (nSPS) is 16.0. The zero-order chi connectivity index (χ0) is 41.3. The maximum Gasteiger partial charge on any atom is 0.431 e. The quantitative estimate of drug-likeness (QED) is 0.0286. The molecule has 1 fully saturated rings. The number of allylic oxidation sites excluding steroid dienone is 1. The number of Topliss-reactive ketones (excluding diaryl/α,β-unsaturated/α-hetero) is 1. The molecule has 17 heteroatoms. The van der Waals surface area contributed by atoms with E-state index in [0.717, 1.165) is 31.4 Å². The third kappa shape index (κ3) is 13.7. The Morgan fingerprint density at radius 3 is 1.88 bits per heavy atom. The number of nitrogens with one attached hydrogen (secondary N) is 2. The molecule has 0 aliphatic heterocycles.